The number of sulfonamides is 1. The van der Waals surface area contributed by atoms with Gasteiger partial charge in [0.05, 0.1) is 18.5 Å². The molecule has 0 fully saturated rings. The van der Waals surface area contributed by atoms with E-state index in [0.29, 0.717) is 11.3 Å². The quantitative estimate of drug-likeness (QED) is 0.619. The van der Waals surface area contributed by atoms with Crippen molar-refractivity contribution in [1.29, 1.82) is 0 Å². The van der Waals surface area contributed by atoms with E-state index in [2.05, 4.69) is 5.32 Å². The maximum absolute atomic E-state index is 12.5. The lowest BCUT2D eigenvalue weighted by Crippen LogP contribution is -2.30. The number of carbonyl (C=O) groups excluding carboxylic acids is 1. The Morgan fingerprint density at radius 2 is 1.47 bits per heavy atom. The summed E-state index contributed by atoms with van der Waals surface area (Å²) < 4.78 is 26.3. The molecule has 0 aliphatic carbocycles. The molecule has 3 aromatic rings. The van der Waals surface area contributed by atoms with Crippen LogP contribution >= 0.6 is 0 Å². The number of aryl methyl sites for hydroxylation is 3. The zero-order valence-electron chi connectivity index (χ0n) is 17.6. The summed E-state index contributed by atoms with van der Waals surface area (Å²) in [5, 5.41) is 2.86. The zero-order chi connectivity index (χ0) is 21.9. The van der Waals surface area contributed by atoms with Crippen LogP contribution in [0.4, 0.5) is 11.4 Å². The molecule has 0 bridgehead atoms. The summed E-state index contributed by atoms with van der Waals surface area (Å²) in [4.78, 5) is 12.5. The van der Waals surface area contributed by atoms with Crippen molar-refractivity contribution in [2.45, 2.75) is 27.3 Å². The Morgan fingerprint density at radius 1 is 0.867 bits per heavy atom. The van der Waals surface area contributed by atoms with Crippen molar-refractivity contribution in [3.05, 3.63) is 94.5 Å². The molecule has 0 atom stereocenters. The van der Waals surface area contributed by atoms with Crippen LogP contribution in [0.25, 0.3) is 0 Å². The molecule has 3 aromatic carbocycles. The number of hydrogen-bond donors (Lipinski definition) is 1. The average Bonchev–Trinajstić information content (AvgIpc) is 2.69. The lowest BCUT2D eigenvalue weighted by molar-refractivity contribution is 0.102. The van der Waals surface area contributed by atoms with E-state index in [1.807, 2.05) is 63.2 Å². The smallest absolute Gasteiger partial charge is 0.255 e. The van der Waals surface area contributed by atoms with Crippen LogP contribution in [0.15, 0.2) is 66.7 Å². The fourth-order valence-electron chi connectivity index (χ4n) is 3.14. The first kappa shape index (κ1) is 21.6. The predicted octanol–water partition coefficient (Wildman–Crippen LogP) is 4.83. The average molecular weight is 423 g/mol. The van der Waals surface area contributed by atoms with E-state index in [9.17, 15) is 13.2 Å². The number of hydrogen-bond acceptors (Lipinski definition) is 3. The normalized spacial score (nSPS) is 11.2. The molecule has 0 unspecified atom stereocenters. The second-order valence-electron chi connectivity index (χ2n) is 7.58. The first-order valence-corrected chi connectivity index (χ1v) is 11.5. The summed E-state index contributed by atoms with van der Waals surface area (Å²) in [5.74, 6) is -0.208. The number of rotatable bonds is 6. The SMILES string of the molecule is Cc1ccc(NC(=O)c2ccc(CN(c3cc(C)ccc3C)S(C)(=O)=O)cc2)cc1. The van der Waals surface area contributed by atoms with Crippen molar-refractivity contribution in [3.63, 3.8) is 0 Å². The largest absolute Gasteiger partial charge is 0.322 e. The molecule has 0 aromatic heterocycles. The molecule has 0 aliphatic heterocycles. The van der Waals surface area contributed by atoms with E-state index >= 15 is 0 Å². The highest BCUT2D eigenvalue weighted by Crippen LogP contribution is 2.26. The van der Waals surface area contributed by atoms with Gasteiger partial charge in [-0.1, -0.05) is 42.0 Å². The van der Waals surface area contributed by atoms with E-state index in [-0.39, 0.29) is 12.5 Å². The molecule has 0 saturated carbocycles. The van der Waals surface area contributed by atoms with Crippen LogP contribution in [-0.2, 0) is 16.6 Å². The van der Waals surface area contributed by atoms with E-state index < -0.39 is 10.0 Å². The lowest BCUT2D eigenvalue weighted by Gasteiger charge is -2.25. The number of nitrogens with one attached hydrogen (secondary N) is 1. The molecule has 0 spiro atoms. The highest BCUT2D eigenvalue weighted by atomic mass is 32.2. The van der Waals surface area contributed by atoms with Crippen LogP contribution in [0.5, 0.6) is 0 Å². The van der Waals surface area contributed by atoms with Gasteiger partial charge in [-0.15, -0.1) is 0 Å². The van der Waals surface area contributed by atoms with Crippen LogP contribution in [0, 0.1) is 20.8 Å². The van der Waals surface area contributed by atoms with E-state index in [0.717, 1.165) is 27.9 Å². The molecule has 0 radical (unpaired) electrons. The summed E-state index contributed by atoms with van der Waals surface area (Å²) in [5.41, 5.74) is 5.71. The molecule has 0 heterocycles. The molecule has 5 nitrogen and oxygen atoms in total. The van der Waals surface area contributed by atoms with Crippen molar-refractivity contribution in [2.24, 2.45) is 0 Å². The first-order valence-electron chi connectivity index (χ1n) is 9.65. The Balaban J connectivity index is 1.79. The molecular formula is C24H26N2O3S. The van der Waals surface area contributed by atoms with Gasteiger partial charge < -0.3 is 5.32 Å². The van der Waals surface area contributed by atoms with Gasteiger partial charge in [-0.3, -0.25) is 9.10 Å². The van der Waals surface area contributed by atoms with Gasteiger partial charge in [0.25, 0.3) is 5.91 Å². The van der Waals surface area contributed by atoms with E-state index in [1.165, 1.54) is 10.6 Å². The van der Waals surface area contributed by atoms with Gasteiger partial charge in [0.2, 0.25) is 10.0 Å². The van der Waals surface area contributed by atoms with Gasteiger partial charge in [-0.2, -0.15) is 0 Å². The van der Waals surface area contributed by atoms with Gasteiger partial charge in [0.15, 0.2) is 0 Å². The standard InChI is InChI=1S/C24H26N2O3S/c1-17-6-13-22(14-7-17)25-24(27)21-11-9-20(10-12-21)16-26(30(4,28)29)23-15-18(2)5-8-19(23)3/h5-15H,16H2,1-4H3,(H,25,27). The Hall–Kier alpha value is -3.12. The molecule has 30 heavy (non-hydrogen) atoms. The van der Waals surface area contributed by atoms with Crippen molar-refractivity contribution in [3.8, 4) is 0 Å². The van der Waals surface area contributed by atoms with Gasteiger partial charge in [0.1, 0.15) is 0 Å². The molecule has 3 rings (SSSR count). The Bertz CT molecular complexity index is 1150. The molecule has 156 valence electrons. The maximum Gasteiger partial charge on any atom is 0.255 e. The van der Waals surface area contributed by atoms with Crippen LogP contribution in [-0.4, -0.2) is 20.6 Å². The van der Waals surface area contributed by atoms with Crippen LogP contribution in [0.1, 0.15) is 32.6 Å². The van der Waals surface area contributed by atoms with Crippen molar-refractivity contribution in [2.75, 3.05) is 15.9 Å². The molecular weight excluding hydrogens is 396 g/mol. The zero-order valence-corrected chi connectivity index (χ0v) is 18.5. The molecule has 1 N–H and O–H groups in total. The number of benzene rings is 3. The van der Waals surface area contributed by atoms with Gasteiger partial charge in [0, 0.05) is 11.3 Å². The number of amides is 1. The summed E-state index contributed by atoms with van der Waals surface area (Å²) in [6.07, 6.45) is 1.21. The topological polar surface area (TPSA) is 66.5 Å². The fraction of sp³-hybridized carbons (Fsp3) is 0.208. The first-order chi connectivity index (χ1) is 14.1. The monoisotopic (exact) mass is 422 g/mol. The van der Waals surface area contributed by atoms with Crippen LogP contribution < -0.4 is 9.62 Å². The van der Waals surface area contributed by atoms with Crippen LogP contribution in [0.3, 0.4) is 0 Å². The van der Waals surface area contributed by atoms with Gasteiger partial charge in [-0.25, -0.2) is 8.42 Å². The number of anilines is 2. The molecule has 6 heteroatoms. The third-order valence-electron chi connectivity index (χ3n) is 4.89. The van der Waals surface area contributed by atoms with Gasteiger partial charge >= 0.3 is 0 Å². The highest BCUT2D eigenvalue weighted by Gasteiger charge is 2.20. The van der Waals surface area contributed by atoms with Crippen molar-refractivity contribution in [1.82, 2.24) is 0 Å². The highest BCUT2D eigenvalue weighted by molar-refractivity contribution is 7.92. The summed E-state index contributed by atoms with van der Waals surface area (Å²) in [6.45, 7) is 6.02. The number of carbonyl (C=O) groups is 1. The minimum atomic E-state index is -3.47. The predicted molar refractivity (Wildman–Crippen MR) is 123 cm³/mol. The minimum absolute atomic E-state index is 0.197. The molecule has 0 aliphatic rings. The Morgan fingerprint density at radius 3 is 2.07 bits per heavy atom. The lowest BCUT2D eigenvalue weighted by atomic mass is 10.1. The maximum atomic E-state index is 12.5. The summed E-state index contributed by atoms with van der Waals surface area (Å²) >= 11 is 0. The Kier molecular flexibility index (Phi) is 6.27. The second kappa shape index (κ2) is 8.71. The van der Waals surface area contributed by atoms with Crippen LogP contribution in [0.2, 0.25) is 0 Å². The van der Waals surface area contributed by atoms with Gasteiger partial charge in [-0.05, 0) is 67.8 Å². The van der Waals surface area contributed by atoms with Crippen molar-refractivity contribution < 1.29 is 13.2 Å². The van der Waals surface area contributed by atoms with Crippen molar-refractivity contribution >= 4 is 27.3 Å². The molecule has 1 amide bonds. The molecule has 0 saturated heterocycles. The summed E-state index contributed by atoms with van der Waals surface area (Å²) in [7, 11) is -3.47. The fourth-order valence-corrected chi connectivity index (χ4v) is 4.07. The summed E-state index contributed by atoms with van der Waals surface area (Å²) in [6, 6.07) is 20.3. The number of nitrogens with zero attached hydrogens (tertiary/aromatic N) is 1. The second-order valence-corrected chi connectivity index (χ2v) is 9.48. The van der Waals surface area contributed by atoms with E-state index in [1.54, 1.807) is 24.3 Å². The van der Waals surface area contributed by atoms with E-state index in [4.69, 9.17) is 0 Å². The Labute approximate surface area is 178 Å². The third kappa shape index (κ3) is 5.27. The third-order valence-corrected chi connectivity index (χ3v) is 6.01. The minimum Gasteiger partial charge on any atom is -0.322 e.